The van der Waals surface area contributed by atoms with E-state index in [2.05, 4.69) is 10.4 Å². The number of halogens is 5. The van der Waals surface area contributed by atoms with E-state index in [9.17, 15) is 31.5 Å². The number of unbranched alkanes of at least 4 members (excludes halogenated alkanes) is 2. The molecule has 0 aromatic heterocycles. The number of nitrogens with one attached hydrogen (secondary N) is 2. The number of nitrogens with zero attached hydrogens (tertiary/aromatic N) is 1. The van der Waals surface area contributed by atoms with Gasteiger partial charge in [0.25, 0.3) is 5.91 Å². The molecule has 30 heavy (non-hydrogen) atoms. The molecular formula is C20H18F5N3O2. The molecule has 0 heterocycles. The lowest BCUT2D eigenvalue weighted by atomic mass is 10.1. The van der Waals surface area contributed by atoms with Crippen LogP contribution in [0.3, 0.4) is 0 Å². The molecule has 0 aliphatic carbocycles. The lowest BCUT2D eigenvalue weighted by molar-refractivity contribution is -0.121. The predicted molar refractivity (Wildman–Crippen MR) is 99.2 cm³/mol. The summed E-state index contributed by atoms with van der Waals surface area (Å²) in [4.78, 5) is 23.4. The third kappa shape index (κ3) is 6.10. The Morgan fingerprint density at radius 3 is 2.07 bits per heavy atom. The molecule has 2 aromatic carbocycles. The van der Waals surface area contributed by atoms with Gasteiger partial charge in [0, 0.05) is 18.5 Å². The van der Waals surface area contributed by atoms with E-state index >= 15 is 0 Å². The van der Waals surface area contributed by atoms with E-state index in [4.69, 9.17) is 0 Å². The number of hydrogen-bond donors (Lipinski definition) is 2. The number of benzene rings is 2. The molecule has 2 aromatic rings. The maximum Gasteiger partial charge on any atom is 0.251 e. The van der Waals surface area contributed by atoms with Crippen LogP contribution in [0.25, 0.3) is 0 Å². The van der Waals surface area contributed by atoms with Crippen LogP contribution in [-0.4, -0.2) is 24.6 Å². The van der Waals surface area contributed by atoms with Gasteiger partial charge in [-0.3, -0.25) is 9.59 Å². The van der Waals surface area contributed by atoms with Crippen LogP contribution in [-0.2, 0) is 4.79 Å². The fraction of sp³-hybridized carbons (Fsp3) is 0.250. The average molecular weight is 427 g/mol. The monoisotopic (exact) mass is 427 g/mol. The van der Waals surface area contributed by atoms with Gasteiger partial charge in [-0.15, -0.1) is 0 Å². The van der Waals surface area contributed by atoms with Crippen LogP contribution in [0.4, 0.5) is 22.0 Å². The summed E-state index contributed by atoms with van der Waals surface area (Å²) in [7, 11) is 0. The summed E-state index contributed by atoms with van der Waals surface area (Å²) in [5, 5.41) is 5.97. The van der Waals surface area contributed by atoms with Crippen LogP contribution in [0.1, 0.15) is 41.6 Å². The van der Waals surface area contributed by atoms with Gasteiger partial charge in [-0.05, 0) is 25.0 Å². The number of hydrazone groups is 1. The second-order valence-electron chi connectivity index (χ2n) is 6.21. The Hall–Kier alpha value is -3.30. The molecule has 0 saturated heterocycles. The molecule has 2 N–H and O–H groups in total. The molecule has 2 amide bonds. The third-order valence-electron chi connectivity index (χ3n) is 4.03. The minimum atomic E-state index is -2.27. The Kier molecular flexibility index (Phi) is 8.45. The van der Waals surface area contributed by atoms with E-state index in [1.54, 1.807) is 30.3 Å². The van der Waals surface area contributed by atoms with E-state index in [0.717, 1.165) is 0 Å². The van der Waals surface area contributed by atoms with Crippen molar-refractivity contribution in [3.8, 4) is 0 Å². The SMILES string of the molecule is O=C(CCCCCNC(=O)c1ccccc1)N/N=C/c1c(F)c(F)c(F)c(F)c1F. The van der Waals surface area contributed by atoms with Crippen molar-refractivity contribution in [1.29, 1.82) is 0 Å². The van der Waals surface area contributed by atoms with Crippen molar-refractivity contribution in [3.05, 3.63) is 70.5 Å². The first-order valence-electron chi connectivity index (χ1n) is 8.99. The molecule has 0 spiro atoms. The second-order valence-corrected chi connectivity index (χ2v) is 6.21. The molecule has 0 saturated carbocycles. The largest absolute Gasteiger partial charge is 0.352 e. The lowest BCUT2D eigenvalue weighted by Crippen LogP contribution is -2.24. The molecule has 0 aliphatic rings. The highest BCUT2D eigenvalue weighted by atomic mass is 19.2. The molecule has 0 aliphatic heterocycles. The highest BCUT2D eigenvalue weighted by molar-refractivity contribution is 5.94. The van der Waals surface area contributed by atoms with Crippen LogP contribution in [0.5, 0.6) is 0 Å². The summed E-state index contributed by atoms with van der Waals surface area (Å²) in [5.74, 6) is -11.3. The molecule has 0 fully saturated rings. The Morgan fingerprint density at radius 2 is 1.43 bits per heavy atom. The first kappa shape index (κ1) is 23.0. The predicted octanol–water partition coefficient (Wildman–Crippen LogP) is 3.82. The van der Waals surface area contributed by atoms with E-state index in [0.29, 0.717) is 37.6 Å². The van der Waals surface area contributed by atoms with E-state index in [1.165, 1.54) is 0 Å². The van der Waals surface area contributed by atoms with Gasteiger partial charge in [0.2, 0.25) is 11.7 Å². The van der Waals surface area contributed by atoms with E-state index in [1.807, 2.05) is 5.43 Å². The third-order valence-corrected chi connectivity index (χ3v) is 4.03. The molecular weight excluding hydrogens is 409 g/mol. The summed E-state index contributed by atoms with van der Waals surface area (Å²) in [5.41, 5.74) is 1.25. The molecule has 0 unspecified atom stereocenters. The molecule has 0 bridgehead atoms. The summed E-state index contributed by atoms with van der Waals surface area (Å²) in [6.07, 6.45) is 2.07. The van der Waals surface area contributed by atoms with Crippen molar-refractivity contribution in [2.45, 2.75) is 25.7 Å². The number of carbonyl (C=O) groups excluding carboxylic acids is 2. The van der Waals surface area contributed by atoms with Crippen molar-refractivity contribution >= 4 is 18.0 Å². The van der Waals surface area contributed by atoms with Gasteiger partial charge in [-0.25, -0.2) is 27.4 Å². The highest BCUT2D eigenvalue weighted by Crippen LogP contribution is 2.21. The van der Waals surface area contributed by atoms with Crippen LogP contribution in [0.15, 0.2) is 35.4 Å². The van der Waals surface area contributed by atoms with E-state index in [-0.39, 0.29) is 12.3 Å². The van der Waals surface area contributed by atoms with Crippen LogP contribution < -0.4 is 10.7 Å². The van der Waals surface area contributed by atoms with Gasteiger partial charge in [-0.1, -0.05) is 24.6 Å². The summed E-state index contributed by atoms with van der Waals surface area (Å²) in [6, 6.07) is 8.68. The zero-order valence-corrected chi connectivity index (χ0v) is 15.7. The topological polar surface area (TPSA) is 70.6 Å². The Labute approximate surface area is 169 Å². The van der Waals surface area contributed by atoms with E-state index < -0.39 is 40.6 Å². The number of amides is 2. The second kappa shape index (κ2) is 11.0. The van der Waals surface area contributed by atoms with Crippen molar-refractivity contribution in [2.24, 2.45) is 5.10 Å². The van der Waals surface area contributed by atoms with Gasteiger partial charge < -0.3 is 5.32 Å². The molecule has 2 rings (SSSR count). The Balaban J connectivity index is 1.69. The molecule has 160 valence electrons. The number of hydrogen-bond acceptors (Lipinski definition) is 3. The number of rotatable bonds is 9. The van der Waals surface area contributed by atoms with Crippen molar-refractivity contribution in [2.75, 3.05) is 6.54 Å². The molecule has 0 atom stereocenters. The quantitative estimate of drug-likeness (QED) is 0.160. The normalized spacial score (nSPS) is 11.0. The van der Waals surface area contributed by atoms with Crippen LogP contribution in [0, 0.1) is 29.1 Å². The van der Waals surface area contributed by atoms with Crippen molar-refractivity contribution in [1.82, 2.24) is 10.7 Å². The Bertz CT molecular complexity index is 907. The van der Waals surface area contributed by atoms with Crippen LogP contribution in [0.2, 0.25) is 0 Å². The standard InChI is InChI=1S/C20H18F5N3O2/c21-15-13(16(22)18(24)19(25)17(15)23)11-27-28-14(29)9-5-2-6-10-26-20(30)12-7-3-1-4-8-12/h1,3-4,7-8,11H,2,5-6,9-10H2,(H,26,30)(H,28,29)/b27-11+. The lowest BCUT2D eigenvalue weighted by Gasteiger charge is -2.05. The summed E-state index contributed by atoms with van der Waals surface area (Å²) >= 11 is 0. The van der Waals surface area contributed by atoms with Gasteiger partial charge in [-0.2, -0.15) is 5.10 Å². The minimum absolute atomic E-state index is 0.0288. The first-order chi connectivity index (χ1) is 14.3. The first-order valence-corrected chi connectivity index (χ1v) is 8.99. The fourth-order valence-corrected chi connectivity index (χ4v) is 2.44. The van der Waals surface area contributed by atoms with Gasteiger partial charge >= 0.3 is 0 Å². The highest BCUT2D eigenvalue weighted by Gasteiger charge is 2.24. The van der Waals surface area contributed by atoms with Gasteiger partial charge in [0.1, 0.15) is 0 Å². The average Bonchev–Trinajstić information content (AvgIpc) is 2.76. The van der Waals surface area contributed by atoms with Crippen molar-refractivity contribution in [3.63, 3.8) is 0 Å². The van der Waals surface area contributed by atoms with Crippen LogP contribution >= 0.6 is 0 Å². The zero-order valence-electron chi connectivity index (χ0n) is 15.7. The summed E-state index contributed by atoms with van der Waals surface area (Å²) < 4.78 is 66.0. The van der Waals surface area contributed by atoms with Crippen molar-refractivity contribution < 1.29 is 31.5 Å². The molecule has 10 heteroatoms. The maximum absolute atomic E-state index is 13.5. The minimum Gasteiger partial charge on any atom is -0.352 e. The molecule has 5 nitrogen and oxygen atoms in total. The van der Waals surface area contributed by atoms with Gasteiger partial charge in [0.15, 0.2) is 23.3 Å². The summed E-state index contributed by atoms with van der Waals surface area (Å²) in [6.45, 7) is 0.424. The van der Waals surface area contributed by atoms with Gasteiger partial charge in [0.05, 0.1) is 11.8 Å². The number of carbonyl (C=O) groups is 2. The smallest absolute Gasteiger partial charge is 0.251 e. The molecule has 0 radical (unpaired) electrons. The maximum atomic E-state index is 13.5. The fourth-order valence-electron chi connectivity index (χ4n) is 2.44. The zero-order chi connectivity index (χ0) is 22.1. The Morgan fingerprint density at radius 1 is 0.833 bits per heavy atom.